The number of hydrogen-bond donors (Lipinski definition) is 1. The molecule has 2 nitrogen and oxygen atoms in total. The maximum Gasteiger partial charge on any atom is 0.125 e. The molecule has 2 N–H and O–H groups in total. The van der Waals surface area contributed by atoms with E-state index in [-0.39, 0.29) is 0 Å². The highest BCUT2D eigenvalue weighted by atomic mass is 32.1. The fraction of sp³-hybridized carbons (Fsp3) is 0.364. The first-order valence-corrected chi connectivity index (χ1v) is 4.88. The lowest BCUT2D eigenvalue weighted by molar-refractivity contribution is 0.408. The van der Waals surface area contributed by atoms with Crippen LogP contribution in [0.4, 0.5) is 0 Å². The van der Waals surface area contributed by atoms with Crippen LogP contribution in [0.3, 0.4) is 0 Å². The van der Waals surface area contributed by atoms with Crippen LogP contribution in [0.2, 0.25) is 0 Å². The van der Waals surface area contributed by atoms with Crippen molar-refractivity contribution in [2.75, 3.05) is 7.11 Å². The van der Waals surface area contributed by atoms with Crippen LogP contribution in [-0.2, 0) is 6.42 Å². The Labute approximate surface area is 90.1 Å². The Morgan fingerprint density at radius 3 is 2.57 bits per heavy atom. The molecule has 0 spiro atoms. The number of methoxy groups -OCH3 is 1. The molecular formula is C11H15NOS. The second-order valence-corrected chi connectivity index (χ2v) is 3.94. The summed E-state index contributed by atoms with van der Waals surface area (Å²) in [5.74, 6) is 0.892. The highest BCUT2D eigenvalue weighted by Gasteiger charge is 2.07. The highest BCUT2D eigenvalue weighted by Crippen LogP contribution is 2.25. The van der Waals surface area contributed by atoms with Gasteiger partial charge in [-0.05, 0) is 19.4 Å². The zero-order valence-corrected chi connectivity index (χ0v) is 9.57. The molecule has 0 saturated heterocycles. The number of thiocarbonyl (C=S) groups is 1. The average Bonchev–Trinajstić information content (AvgIpc) is 2.01. The normalized spacial score (nSPS) is 9.93. The second kappa shape index (κ2) is 4.42. The van der Waals surface area contributed by atoms with Crippen molar-refractivity contribution >= 4 is 17.2 Å². The van der Waals surface area contributed by atoms with Gasteiger partial charge in [0.05, 0.1) is 12.1 Å². The van der Waals surface area contributed by atoms with Crippen LogP contribution in [0.5, 0.6) is 5.75 Å². The molecule has 0 aliphatic carbocycles. The van der Waals surface area contributed by atoms with E-state index in [1.807, 2.05) is 6.92 Å². The van der Waals surface area contributed by atoms with Gasteiger partial charge in [-0.15, -0.1) is 0 Å². The fourth-order valence-electron chi connectivity index (χ4n) is 1.65. The molecular weight excluding hydrogens is 194 g/mol. The lowest BCUT2D eigenvalue weighted by Gasteiger charge is -2.12. The first kappa shape index (κ1) is 11.0. The predicted molar refractivity (Wildman–Crippen MR) is 63.0 cm³/mol. The Kier molecular flexibility index (Phi) is 3.47. The van der Waals surface area contributed by atoms with Crippen LogP contribution in [0, 0.1) is 13.8 Å². The zero-order valence-electron chi connectivity index (χ0n) is 8.76. The molecule has 1 rings (SSSR count). The fourth-order valence-corrected chi connectivity index (χ4v) is 1.81. The maximum absolute atomic E-state index is 5.52. The zero-order chi connectivity index (χ0) is 10.7. The summed E-state index contributed by atoms with van der Waals surface area (Å²) < 4.78 is 5.32. The monoisotopic (exact) mass is 209 g/mol. The molecule has 0 saturated carbocycles. The molecule has 0 aliphatic rings. The number of nitrogens with two attached hydrogens (primary N) is 1. The van der Waals surface area contributed by atoms with E-state index >= 15 is 0 Å². The van der Waals surface area contributed by atoms with E-state index in [0.29, 0.717) is 11.4 Å². The van der Waals surface area contributed by atoms with Gasteiger partial charge in [0, 0.05) is 12.0 Å². The van der Waals surface area contributed by atoms with Gasteiger partial charge >= 0.3 is 0 Å². The largest absolute Gasteiger partial charge is 0.496 e. The average molecular weight is 209 g/mol. The minimum absolute atomic E-state index is 0.494. The SMILES string of the molecule is COc1c(C)cc(C)cc1CC(N)=S. The molecule has 0 radical (unpaired) electrons. The Morgan fingerprint density at radius 1 is 1.43 bits per heavy atom. The van der Waals surface area contributed by atoms with Crippen LogP contribution >= 0.6 is 12.2 Å². The minimum atomic E-state index is 0.494. The molecule has 0 amide bonds. The summed E-state index contributed by atoms with van der Waals surface area (Å²) in [6, 6.07) is 4.15. The van der Waals surface area contributed by atoms with Gasteiger partial charge in [0.15, 0.2) is 0 Å². The van der Waals surface area contributed by atoms with Gasteiger partial charge in [-0.2, -0.15) is 0 Å². The van der Waals surface area contributed by atoms with Crippen LogP contribution in [0.25, 0.3) is 0 Å². The predicted octanol–water partition coefficient (Wildman–Crippen LogP) is 2.14. The van der Waals surface area contributed by atoms with Crippen molar-refractivity contribution in [1.82, 2.24) is 0 Å². The number of rotatable bonds is 3. The van der Waals surface area contributed by atoms with Gasteiger partial charge < -0.3 is 10.5 Å². The van der Waals surface area contributed by atoms with E-state index < -0.39 is 0 Å². The molecule has 0 atom stereocenters. The van der Waals surface area contributed by atoms with E-state index in [0.717, 1.165) is 16.9 Å². The van der Waals surface area contributed by atoms with Gasteiger partial charge in [0.25, 0.3) is 0 Å². The second-order valence-electron chi connectivity index (χ2n) is 3.42. The van der Waals surface area contributed by atoms with E-state index in [4.69, 9.17) is 22.7 Å². The first-order chi connectivity index (χ1) is 6.54. The summed E-state index contributed by atoms with van der Waals surface area (Å²) in [6.07, 6.45) is 0.598. The van der Waals surface area contributed by atoms with Gasteiger partial charge in [0.1, 0.15) is 5.75 Å². The maximum atomic E-state index is 5.52. The number of aryl methyl sites for hydroxylation is 2. The smallest absolute Gasteiger partial charge is 0.125 e. The van der Waals surface area contributed by atoms with E-state index in [9.17, 15) is 0 Å². The third-order valence-electron chi connectivity index (χ3n) is 2.06. The molecule has 1 aromatic rings. The van der Waals surface area contributed by atoms with E-state index in [1.54, 1.807) is 7.11 Å². The Balaban J connectivity index is 3.17. The quantitative estimate of drug-likeness (QED) is 0.775. The molecule has 1 aromatic carbocycles. The van der Waals surface area contributed by atoms with Crippen molar-refractivity contribution in [2.24, 2.45) is 5.73 Å². The van der Waals surface area contributed by atoms with Crippen molar-refractivity contribution in [3.63, 3.8) is 0 Å². The number of benzene rings is 1. The van der Waals surface area contributed by atoms with E-state index in [1.165, 1.54) is 5.56 Å². The third kappa shape index (κ3) is 2.45. The molecule has 0 bridgehead atoms. The van der Waals surface area contributed by atoms with Gasteiger partial charge in [0.2, 0.25) is 0 Å². The first-order valence-electron chi connectivity index (χ1n) is 4.47. The molecule has 0 aliphatic heterocycles. The van der Waals surface area contributed by atoms with Crippen LogP contribution in [0.1, 0.15) is 16.7 Å². The summed E-state index contributed by atoms with van der Waals surface area (Å²) in [6.45, 7) is 4.07. The molecule has 3 heteroatoms. The van der Waals surface area contributed by atoms with Crippen molar-refractivity contribution < 1.29 is 4.74 Å². The van der Waals surface area contributed by atoms with Crippen molar-refractivity contribution in [3.8, 4) is 5.75 Å². The lowest BCUT2D eigenvalue weighted by atomic mass is 10.0. The van der Waals surface area contributed by atoms with E-state index in [2.05, 4.69) is 19.1 Å². The van der Waals surface area contributed by atoms with Crippen LogP contribution in [-0.4, -0.2) is 12.1 Å². The summed E-state index contributed by atoms with van der Waals surface area (Å²) in [5.41, 5.74) is 8.92. The summed E-state index contributed by atoms with van der Waals surface area (Å²) in [4.78, 5) is 0.494. The Morgan fingerprint density at radius 2 is 2.07 bits per heavy atom. The van der Waals surface area contributed by atoms with Crippen LogP contribution in [0.15, 0.2) is 12.1 Å². The summed E-state index contributed by atoms with van der Waals surface area (Å²) >= 11 is 4.89. The molecule has 0 heterocycles. The molecule has 0 unspecified atom stereocenters. The van der Waals surface area contributed by atoms with Gasteiger partial charge in [-0.25, -0.2) is 0 Å². The third-order valence-corrected chi connectivity index (χ3v) is 2.21. The minimum Gasteiger partial charge on any atom is -0.496 e. The summed E-state index contributed by atoms with van der Waals surface area (Å²) in [7, 11) is 1.67. The van der Waals surface area contributed by atoms with Crippen molar-refractivity contribution in [2.45, 2.75) is 20.3 Å². The van der Waals surface area contributed by atoms with Crippen LogP contribution < -0.4 is 10.5 Å². The molecule has 0 aromatic heterocycles. The lowest BCUT2D eigenvalue weighted by Crippen LogP contribution is -2.12. The Hall–Kier alpha value is -1.09. The number of ether oxygens (including phenoxy) is 1. The number of hydrogen-bond acceptors (Lipinski definition) is 2. The summed E-state index contributed by atoms with van der Waals surface area (Å²) in [5, 5.41) is 0. The van der Waals surface area contributed by atoms with Gasteiger partial charge in [-0.3, -0.25) is 0 Å². The molecule has 76 valence electrons. The van der Waals surface area contributed by atoms with Gasteiger partial charge in [-0.1, -0.05) is 29.9 Å². The topological polar surface area (TPSA) is 35.2 Å². The molecule has 0 fully saturated rings. The van der Waals surface area contributed by atoms with Crippen molar-refractivity contribution in [1.29, 1.82) is 0 Å². The van der Waals surface area contributed by atoms with Crippen molar-refractivity contribution in [3.05, 3.63) is 28.8 Å². The molecule has 14 heavy (non-hydrogen) atoms. The standard InChI is InChI=1S/C11H15NOS/c1-7-4-8(2)11(13-3)9(5-7)6-10(12)14/h4-5H,6H2,1-3H3,(H2,12,14). The highest BCUT2D eigenvalue weighted by molar-refractivity contribution is 7.80. The Bertz CT molecular complexity index is 361.